The topological polar surface area (TPSA) is 84.7 Å². The minimum atomic E-state index is 0.416. The fourth-order valence-electron chi connectivity index (χ4n) is 2.53. The van der Waals surface area contributed by atoms with Crippen LogP contribution >= 0.6 is 0 Å². The molecule has 0 saturated heterocycles. The second-order valence-corrected chi connectivity index (χ2v) is 6.04. The van der Waals surface area contributed by atoms with Crippen LogP contribution in [0.25, 0.3) is 0 Å². The number of nitrogen functional groups attached to an aromatic ring is 1. The van der Waals surface area contributed by atoms with Gasteiger partial charge in [0.15, 0.2) is 0 Å². The molecular formula is C20H26N4O. The number of aliphatic imine (C=N–C) groups is 1. The number of anilines is 1. The summed E-state index contributed by atoms with van der Waals surface area (Å²) in [6.07, 6.45) is 4.23. The fraction of sp³-hybridized carbons (Fsp3) is 0.300. The summed E-state index contributed by atoms with van der Waals surface area (Å²) < 4.78 is 0. The number of carbonyl (C=O) groups is 1. The van der Waals surface area contributed by atoms with E-state index in [4.69, 9.17) is 11.5 Å². The van der Waals surface area contributed by atoms with Crippen molar-refractivity contribution in [1.29, 1.82) is 0 Å². The molecule has 5 heteroatoms. The molecule has 4 N–H and O–H groups in total. The number of amides is 1. The monoisotopic (exact) mass is 338 g/mol. The van der Waals surface area contributed by atoms with Crippen molar-refractivity contribution in [3.8, 4) is 0 Å². The zero-order valence-corrected chi connectivity index (χ0v) is 14.7. The van der Waals surface area contributed by atoms with Crippen LogP contribution < -0.4 is 11.5 Å². The maximum Gasteiger partial charge on any atom is 0.210 e. The Kier molecular flexibility index (Phi) is 7.01. The highest BCUT2D eigenvalue weighted by molar-refractivity contribution is 5.99. The Labute approximate surface area is 149 Å². The van der Waals surface area contributed by atoms with Gasteiger partial charge in [0.1, 0.15) is 5.84 Å². The highest BCUT2D eigenvalue weighted by Gasteiger charge is 2.05. The third-order valence-corrected chi connectivity index (χ3v) is 4.01. The van der Waals surface area contributed by atoms with Crippen LogP contribution in [0.5, 0.6) is 0 Å². The van der Waals surface area contributed by atoms with E-state index in [0.717, 1.165) is 43.3 Å². The SMILES string of the molecule is CCCCCN(C=O)Cc1ccc(C(N)=Nc2ccccc2N)cc1. The van der Waals surface area contributed by atoms with Crippen LogP contribution in [0.15, 0.2) is 53.5 Å². The largest absolute Gasteiger partial charge is 0.397 e. The van der Waals surface area contributed by atoms with Crippen molar-refractivity contribution in [3.63, 3.8) is 0 Å². The molecule has 0 saturated carbocycles. The van der Waals surface area contributed by atoms with Crippen molar-refractivity contribution in [2.45, 2.75) is 32.7 Å². The van der Waals surface area contributed by atoms with E-state index in [1.165, 1.54) is 0 Å². The van der Waals surface area contributed by atoms with Crippen LogP contribution in [0.3, 0.4) is 0 Å². The van der Waals surface area contributed by atoms with Gasteiger partial charge >= 0.3 is 0 Å². The number of carbonyl (C=O) groups excluding carboxylic acids is 1. The molecule has 5 nitrogen and oxygen atoms in total. The summed E-state index contributed by atoms with van der Waals surface area (Å²) in [5.41, 5.74) is 15.1. The van der Waals surface area contributed by atoms with Crippen LogP contribution in [0, 0.1) is 0 Å². The molecule has 25 heavy (non-hydrogen) atoms. The third kappa shape index (κ3) is 5.64. The first-order valence-electron chi connectivity index (χ1n) is 8.61. The summed E-state index contributed by atoms with van der Waals surface area (Å²) in [4.78, 5) is 17.4. The van der Waals surface area contributed by atoms with E-state index in [-0.39, 0.29) is 0 Å². The number of nitrogens with zero attached hydrogens (tertiary/aromatic N) is 2. The zero-order chi connectivity index (χ0) is 18.1. The lowest BCUT2D eigenvalue weighted by Crippen LogP contribution is -2.22. The van der Waals surface area contributed by atoms with Gasteiger partial charge in [-0.2, -0.15) is 0 Å². The van der Waals surface area contributed by atoms with Gasteiger partial charge in [-0.25, -0.2) is 4.99 Å². The highest BCUT2D eigenvalue weighted by Crippen LogP contribution is 2.21. The predicted molar refractivity (Wildman–Crippen MR) is 104 cm³/mol. The summed E-state index contributed by atoms with van der Waals surface area (Å²) in [6.45, 7) is 3.55. The number of para-hydroxylation sites is 2. The van der Waals surface area contributed by atoms with Gasteiger partial charge in [-0.3, -0.25) is 4.79 Å². The summed E-state index contributed by atoms with van der Waals surface area (Å²) in [6, 6.07) is 15.1. The number of hydrogen-bond acceptors (Lipinski definition) is 3. The zero-order valence-electron chi connectivity index (χ0n) is 14.7. The molecule has 1 amide bonds. The maximum atomic E-state index is 11.2. The van der Waals surface area contributed by atoms with Gasteiger partial charge in [-0.15, -0.1) is 0 Å². The Morgan fingerprint density at radius 3 is 2.48 bits per heavy atom. The quantitative estimate of drug-likeness (QED) is 0.241. The molecule has 0 heterocycles. The number of hydrogen-bond donors (Lipinski definition) is 2. The third-order valence-electron chi connectivity index (χ3n) is 4.01. The summed E-state index contributed by atoms with van der Waals surface area (Å²) in [5, 5.41) is 0. The lowest BCUT2D eigenvalue weighted by Gasteiger charge is -2.17. The average molecular weight is 338 g/mol. The smallest absolute Gasteiger partial charge is 0.210 e. The molecule has 2 aromatic rings. The van der Waals surface area contributed by atoms with Crippen molar-refractivity contribution in [2.75, 3.05) is 12.3 Å². The molecule has 0 aliphatic heterocycles. The summed E-state index contributed by atoms with van der Waals surface area (Å²) >= 11 is 0. The molecule has 0 aromatic heterocycles. The van der Waals surface area contributed by atoms with E-state index in [1.807, 2.05) is 42.5 Å². The number of benzene rings is 2. The van der Waals surface area contributed by atoms with Crippen LogP contribution in [0.2, 0.25) is 0 Å². The standard InChI is InChI=1S/C20H26N4O/c1-2-3-6-13-24(15-25)14-16-9-11-17(12-10-16)20(22)23-19-8-5-4-7-18(19)21/h4-5,7-12,15H,2-3,6,13-14,21H2,1H3,(H2,22,23). The molecule has 0 aliphatic rings. The predicted octanol–water partition coefficient (Wildman–Crippen LogP) is 3.45. The molecule has 2 aromatic carbocycles. The molecule has 0 unspecified atom stereocenters. The van der Waals surface area contributed by atoms with E-state index in [1.54, 1.807) is 11.0 Å². The van der Waals surface area contributed by atoms with E-state index in [2.05, 4.69) is 11.9 Å². The Morgan fingerprint density at radius 2 is 1.84 bits per heavy atom. The van der Waals surface area contributed by atoms with E-state index in [0.29, 0.717) is 23.8 Å². The first kappa shape index (κ1) is 18.5. The van der Waals surface area contributed by atoms with Crippen LogP contribution in [0.4, 0.5) is 11.4 Å². The minimum Gasteiger partial charge on any atom is -0.397 e. The lowest BCUT2D eigenvalue weighted by atomic mass is 10.1. The van der Waals surface area contributed by atoms with E-state index < -0.39 is 0 Å². The van der Waals surface area contributed by atoms with E-state index in [9.17, 15) is 4.79 Å². The van der Waals surface area contributed by atoms with Gasteiger partial charge in [0.05, 0.1) is 11.4 Å². The number of amidine groups is 1. The van der Waals surface area contributed by atoms with Crippen molar-refractivity contribution in [2.24, 2.45) is 10.7 Å². The first-order chi connectivity index (χ1) is 12.1. The van der Waals surface area contributed by atoms with Gasteiger partial charge in [-0.05, 0) is 24.1 Å². The fourth-order valence-corrected chi connectivity index (χ4v) is 2.53. The molecule has 0 radical (unpaired) electrons. The second-order valence-electron chi connectivity index (χ2n) is 6.04. The molecule has 2 rings (SSSR count). The first-order valence-corrected chi connectivity index (χ1v) is 8.61. The lowest BCUT2D eigenvalue weighted by molar-refractivity contribution is -0.118. The summed E-state index contributed by atoms with van der Waals surface area (Å²) in [5.74, 6) is 0.416. The van der Waals surface area contributed by atoms with Crippen LogP contribution in [-0.4, -0.2) is 23.7 Å². The van der Waals surface area contributed by atoms with Crippen molar-refractivity contribution >= 4 is 23.6 Å². The Bertz CT molecular complexity index is 710. The molecule has 132 valence electrons. The van der Waals surface area contributed by atoms with Gasteiger partial charge in [0.2, 0.25) is 6.41 Å². The number of nitrogens with two attached hydrogens (primary N) is 2. The van der Waals surface area contributed by atoms with Gasteiger partial charge in [0.25, 0.3) is 0 Å². The average Bonchev–Trinajstić information content (AvgIpc) is 2.63. The Hall–Kier alpha value is -2.82. The molecule has 0 spiro atoms. The van der Waals surface area contributed by atoms with Crippen molar-refractivity contribution in [1.82, 2.24) is 4.90 Å². The van der Waals surface area contributed by atoms with Crippen LogP contribution in [0.1, 0.15) is 37.3 Å². The maximum absolute atomic E-state index is 11.2. The normalized spacial score (nSPS) is 11.3. The number of rotatable bonds is 9. The Morgan fingerprint density at radius 1 is 1.12 bits per heavy atom. The highest BCUT2D eigenvalue weighted by atomic mass is 16.1. The second kappa shape index (κ2) is 9.47. The van der Waals surface area contributed by atoms with Gasteiger partial charge in [0, 0.05) is 18.7 Å². The van der Waals surface area contributed by atoms with Gasteiger partial charge < -0.3 is 16.4 Å². The van der Waals surface area contributed by atoms with Crippen LogP contribution in [-0.2, 0) is 11.3 Å². The van der Waals surface area contributed by atoms with Crippen molar-refractivity contribution < 1.29 is 4.79 Å². The minimum absolute atomic E-state index is 0.416. The molecular weight excluding hydrogens is 312 g/mol. The molecule has 0 atom stereocenters. The van der Waals surface area contributed by atoms with E-state index >= 15 is 0 Å². The number of unbranched alkanes of at least 4 members (excludes halogenated alkanes) is 2. The molecule has 0 fully saturated rings. The summed E-state index contributed by atoms with van der Waals surface area (Å²) in [7, 11) is 0. The molecule has 0 aliphatic carbocycles. The van der Waals surface area contributed by atoms with Gasteiger partial charge in [-0.1, -0.05) is 56.2 Å². The Balaban J connectivity index is 2.03. The van der Waals surface area contributed by atoms with Crippen molar-refractivity contribution in [3.05, 3.63) is 59.7 Å². The molecule has 0 bridgehead atoms.